The first-order valence-electron chi connectivity index (χ1n) is 6.91. The van der Waals surface area contributed by atoms with Crippen LogP contribution in [0.2, 0.25) is 0 Å². The van der Waals surface area contributed by atoms with Gasteiger partial charge in [0.25, 0.3) is 0 Å². The van der Waals surface area contributed by atoms with Crippen molar-refractivity contribution in [2.24, 2.45) is 5.41 Å². The van der Waals surface area contributed by atoms with Crippen LogP contribution in [0.25, 0.3) is 0 Å². The molecule has 0 spiro atoms. The Morgan fingerprint density at radius 2 is 1.76 bits per heavy atom. The molecule has 1 heterocycles. The Morgan fingerprint density at radius 1 is 1.12 bits per heavy atom. The number of ether oxygens (including phenoxy) is 2. The molecule has 17 heavy (non-hydrogen) atoms. The monoisotopic (exact) mass is 241 g/mol. The third-order valence-electron chi connectivity index (χ3n) is 4.04. The van der Waals surface area contributed by atoms with E-state index in [1.165, 1.54) is 25.7 Å². The second-order valence-electron chi connectivity index (χ2n) is 6.80. The topological polar surface area (TPSA) is 30.5 Å². The molecule has 0 aromatic heterocycles. The highest BCUT2D eigenvalue weighted by Crippen LogP contribution is 2.35. The summed E-state index contributed by atoms with van der Waals surface area (Å²) < 4.78 is 11.4. The van der Waals surface area contributed by atoms with Crippen molar-refractivity contribution in [3.8, 4) is 0 Å². The Hall–Kier alpha value is -0.120. The summed E-state index contributed by atoms with van der Waals surface area (Å²) in [5.41, 5.74) is 0.549. The summed E-state index contributed by atoms with van der Waals surface area (Å²) in [7, 11) is 0. The Kier molecular flexibility index (Phi) is 3.81. The van der Waals surface area contributed by atoms with Gasteiger partial charge in [-0.1, -0.05) is 13.8 Å². The largest absolute Gasteiger partial charge is 0.348 e. The Bertz CT molecular complexity index is 253. The zero-order chi connectivity index (χ0) is 12.5. The van der Waals surface area contributed by atoms with Crippen LogP contribution >= 0.6 is 0 Å². The molecule has 2 fully saturated rings. The fourth-order valence-corrected chi connectivity index (χ4v) is 2.77. The minimum Gasteiger partial charge on any atom is -0.348 e. The smallest absolute Gasteiger partial charge is 0.163 e. The van der Waals surface area contributed by atoms with Gasteiger partial charge in [0.15, 0.2) is 5.79 Å². The highest BCUT2D eigenvalue weighted by molar-refractivity contribution is 4.83. The summed E-state index contributed by atoms with van der Waals surface area (Å²) in [6.45, 7) is 10.4. The molecule has 2 rings (SSSR count). The maximum atomic E-state index is 5.80. The molecule has 1 atom stereocenters. The Balaban J connectivity index is 1.67. The van der Waals surface area contributed by atoms with Crippen LogP contribution < -0.4 is 5.32 Å². The summed E-state index contributed by atoms with van der Waals surface area (Å²) in [6, 6.07) is 0.676. The molecule has 0 amide bonds. The minimum absolute atomic E-state index is 0.222. The highest BCUT2D eigenvalue weighted by atomic mass is 16.7. The van der Waals surface area contributed by atoms with Gasteiger partial charge in [-0.2, -0.15) is 0 Å². The van der Waals surface area contributed by atoms with Crippen molar-refractivity contribution < 1.29 is 9.47 Å². The van der Waals surface area contributed by atoms with Gasteiger partial charge in [0.2, 0.25) is 0 Å². The normalized spacial score (nSPS) is 32.8. The predicted molar refractivity (Wildman–Crippen MR) is 68.9 cm³/mol. The molecule has 0 radical (unpaired) electrons. The summed E-state index contributed by atoms with van der Waals surface area (Å²) in [5, 5.41) is 3.63. The molecule has 1 saturated carbocycles. The molecule has 0 aromatic carbocycles. The fraction of sp³-hybridized carbons (Fsp3) is 1.00. The second-order valence-corrected chi connectivity index (χ2v) is 6.80. The van der Waals surface area contributed by atoms with E-state index in [1.54, 1.807) is 0 Å². The van der Waals surface area contributed by atoms with E-state index in [1.807, 2.05) is 13.8 Å². The van der Waals surface area contributed by atoms with Crippen LogP contribution in [0.4, 0.5) is 0 Å². The summed E-state index contributed by atoms with van der Waals surface area (Å²) in [5.74, 6) is -0.388. The zero-order valence-electron chi connectivity index (χ0n) is 11.7. The lowest BCUT2D eigenvalue weighted by atomic mass is 9.75. The third-order valence-corrected chi connectivity index (χ3v) is 4.04. The standard InChI is InChI=1S/C14H27NO2/c1-13(2)7-5-11(6-8-13)15-9-12-10-16-14(3,4)17-12/h11-12,15H,5-10H2,1-4H3. The van der Waals surface area contributed by atoms with E-state index in [0.29, 0.717) is 11.5 Å². The van der Waals surface area contributed by atoms with E-state index < -0.39 is 0 Å². The van der Waals surface area contributed by atoms with Crippen molar-refractivity contribution in [1.29, 1.82) is 0 Å². The number of hydrogen-bond donors (Lipinski definition) is 1. The predicted octanol–water partition coefficient (Wildman–Crippen LogP) is 2.70. The molecule has 1 aliphatic carbocycles. The number of rotatable bonds is 3. The van der Waals surface area contributed by atoms with Crippen molar-refractivity contribution in [2.45, 2.75) is 71.3 Å². The van der Waals surface area contributed by atoms with E-state index in [0.717, 1.165) is 13.2 Å². The Labute approximate surface area is 105 Å². The molecule has 3 heteroatoms. The van der Waals surface area contributed by atoms with Crippen molar-refractivity contribution in [2.75, 3.05) is 13.2 Å². The van der Waals surface area contributed by atoms with E-state index in [2.05, 4.69) is 19.2 Å². The van der Waals surface area contributed by atoms with Crippen LogP contribution in [0, 0.1) is 5.41 Å². The average molecular weight is 241 g/mol. The zero-order valence-corrected chi connectivity index (χ0v) is 11.7. The van der Waals surface area contributed by atoms with E-state index in [4.69, 9.17) is 9.47 Å². The van der Waals surface area contributed by atoms with E-state index in [-0.39, 0.29) is 11.9 Å². The van der Waals surface area contributed by atoms with Crippen molar-refractivity contribution in [3.05, 3.63) is 0 Å². The molecule has 1 N–H and O–H groups in total. The molecular formula is C14H27NO2. The first-order valence-corrected chi connectivity index (χ1v) is 6.91. The van der Waals surface area contributed by atoms with Gasteiger partial charge in [-0.25, -0.2) is 0 Å². The van der Waals surface area contributed by atoms with Crippen LogP contribution in [0.15, 0.2) is 0 Å². The molecule has 3 nitrogen and oxygen atoms in total. The third kappa shape index (κ3) is 3.94. The lowest BCUT2D eigenvalue weighted by Gasteiger charge is -2.35. The molecule has 1 saturated heterocycles. The van der Waals surface area contributed by atoms with Crippen LogP contribution in [-0.4, -0.2) is 31.1 Å². The minimum atomic E-state index is -0.388. The quantitative estimate of drug-likeness (QED) is 0.824. The second kappa shape index (κ2) is 4.87. The summed E-state index contributed by atoms with van der Waals surface area (Å²) in [4.78, 5) is 0. The average Bonchev–Trinajstić information content (AvgIpc) is 2.57. The van der Waals surface area contributed by atoms with E-state index >= 15 is 0 Å². The van der Waals surface area contributed by atoms with Crippen molar-refractivity contribution in [3.63, 3.8) is 0 Å². The Morgan fingerprint density at radius 3 is 2.29 bits per heavy atom. The first-order chi connectivity index (χ1) is 7.86. The van der Waals surface area contributed by atoms with Gasteiger partial charge >= 0.3 is 0 Å². The highest BCUT2D eigenvalue weighted by Gasteiger charge is 2.33. The van der Waals surface area contributed by atoms with Gasteiger partial charge < -0.3 is 14.8 Å². The molecule has 0 aromatic rings. The molecule has 1 unspecified atom stereocenters. The van der Waals surface area contributed by atoms with Crippen LogP contribution in [0.1, 0.15) is 53.4 Å². The lowest BCUT2D eigenvalue weighted by molar-refractivity contribution is -0.138. The van der Waals surface area contributed by atoms with Crippen LogP contribution in [0.3, 0.4) is 0 Å². The van der Waals surface area contributed by atoms with Gasteiger partial charge in [-0.15, -0.1) is 0 Å². The summed E-state index contributed by atoms with van der Waals surface area (Å²) in [6.07, 6.45) is 5.48. The van der Waals surface area contributed by atoms with E-state index in [9.17, 15) is 0 Å². The van der Waals surface area contributed by atoms with Gasteiger partial charge in [0.1, 0.15) is 0 Å². The fourth-order valence-electron chi connectivity index (χ4n) is 2.77. The molecule has 2 aliphatic rings. The van der Waals surface area contributed by atoms with Crippen molar-refractivity contribution >= 4 is 0 Å². The summed E-state index contributed by atoms with van der Waals surface area (Å²) >= 11 is 0. The van der Waals surface area contributed by atoms with Crippen LogP contribution in [0.5, 0.6) is 0 Å². The van der Waals surface area contributed by atoms with Crippen LogP contribution in [-0.2, 0) is 9.47 Å². The molecule has 100 valence electrons. The SMILES string of the molecule is CC1(C)CCC(NCC2COC(C)(C)O2)CC1. The number of nitrogens with one attached hydrogen (secondary N) is 1. The maximum Gasteiger partial charge on any atom is 0.163 e. The van der Waals surface area contributed by atoms with Gasteiger partial charge in [-0.3, -0.25) is 0 Å². The maximum absolute atomic E-state index is 5.80. The molecule has 1 aliphatic heterocycles. The van der Waals surface area contributed by atoms with Gasteiger partial charge in [0.05, 0.1) is 12.7 Å². The molecule has 0 bridgehead atoms. The first kappa shape index (κ1) is 13.3. The van der Waals surface area contributed by atoms with Gasteiger partial charge in [0, 0.05) is 12.6 Å². The lowest BCUT2D eigenvalue weighted by Crippen LogP contribution is -2.40. The number of hydrogen-bond acceptors (Lipinski definition) is 3. The van der Waals surface area contributed by atoms with Crippen molar-refractivity contribution in [1.82, 2.24) is 5.32 Å². The molecular weight excluding hydrogens is 214 g/mol. The van der Waals surface area contributed by atoms with Gasteiger partial charge in [-0.05, 0) is 44.9 Å².